The van der Waals surface area contributed by atoms with Crippen molar-refractivity contribution in [3.8, 4) is 0 Å². The Balaban J connectivity index is 2.09. The number of rotatable bonds is 4. The molecule has 19 heavy (non-hydrogen) atoms. The first-order valence-corrected chi connectivity index (χ1v) is 6.02. The van der Waals surface area contributed by atoms with E-state index in [-0.39, 0.29) is 17.1 Å². The van der Waals surface area contributed by atoms with Gasteiger partial charge in [-0.15, -0.1) is 11.3 Å². The van der Waals surface area contributed by atoms with E-state index in [0.717, 1.165) is 11.3 Å². The lowest BCUT2D eigenvalue weighted by Gasteiger charge is -2.01. The summed E-state index contributed by atoms with van der Waals surface area (Å²) >= 11 is 1.07. The van der Waals surface area contributed by atoms with Crippen molar-refractivity contribution in [2.45, 2.75) is 6.42 Å². The zero-order valence-electron chi connectivity index (χ0n) is 9.46. The van der Waals surface area contributed by atoms with Crippen LogP contribution in [0.25, 0.3) is 0 Å². The maximum Gasteiger partial charge on any atom is 0.309 e. The Bertz CT molecular complexity index is 629. The molecule has 1 amide bonds. The van der Waals surface area contributed by atoms with Gasteiger partial charge in [0.1, 0.15) is 0 Å². The summed E-state index contributed by atoms with van der Waals surface area (Å²) in [5.41, 5.74) is 0.136. The Kier molecular flexibility index (Phi) is 3.81. The molecule has 2 N–H and O–H groups in total. The normalized spacial score (nSPS) is 10.2. The molecule has 98 valence electrons. The van der Waals surface area contributed by atoms with E-state index in [1.807, 2.05) is 0 Å². The molecule has 0 atom stereocenters. The van der Waals surface area contributed by atoms with E-state index >= 15 is 0 Å². The topological polar surface area (TPSA) is 92.2 Å². The number of carbonyl (C=O) groups excluding carboxylic acids is 1. The van der Waals surface area contributed by atoms with E-state index in [2.05, 4.69) is 15.3 Å². The van der Waals surface area contributed by atoms with Crippen LogP contribution in [0.15, 0.2) is 23.7 Å². The number of carboxylic acid groups (broad SMARTS) is 1. The number of halogens is 1. The number of hydrogen-bond acceptors (Lipinski definition) is 5. The van der Waals surface area contributed by atoms with Crippen LogP contribution in [0.5, 0.6) is 0 Å². The number of carboxylic acids is 1. The van der Waals surface area contributed by atoms with Crippen molar-refractivity contribution in [3.05, 3.63) is 40.9 Å². The van der Waals surface area contributed by atoms with Crippen LogP contribution in [-0.4, -0.2) is 27.0 Å². The second kappa shape index (κ2) is 5.53. The first-order valence-electron chi connectivity index (χ1n) is 5.14. The summed E-state index contributed by atoms with van der Waals surface area (Å²) in [6, 6.07) is 2.74. The maximum atomic E-state index is 13.3. The van der Waals surface area contributed by atoms with E-state index in [0.29, 0.717) is 5.69 Å². The Morgan fingerprint density at radius 1 is 1.47 bits per heavy atom. The van der Waals surface area contributed by atoms with Crippen LogP contribution in [0.3, 0.4) is 0 Å². The third-order valence-corrected chi connectivity index (χ3v) is 2.91. The predicted octanol–water partition coefficient (Wildman–Crippen LogP) is 1.56. The number of aliphatic carboxylic acids is 1. The van der Waals surface area contributed by atoms with E-state index in [1.54, 1.807) is 0 Å². The monoisotopic (exact) mass is 281 g/mol. The molecule has 0 aliphatic heterocycles. The molecule has 6 nitrogen and oxygen atoms in total. The minimum Gasteiger partial charge on any atom is -0.481 e. The van der Waals surface area contributed by atoms with Crippen molar-refractivity contribution in [2.75, 3.05) is 5.32 Å². The van der Waals surface area contributed by atoms with Crippen LogP contribution in [-0.2, 0) is 11.2 Å². The Morgan fingerprint density at radius 3 is 2.95 bits per heavy atom. The van der Waals surface area contributed by atoms with Gasteiger partial charge in [-0.3, -0.25) is 14.9 Å². The number of pyridine rings is 1. The van der Waals surface area contributed by atoms with Gasteiger partial charge in [0.2, 0.25) is 5.95 Å². The lowest BCUT2D eigenvalue weighted by atomic mass is 10.2. The molecule has 2 heterocycles. The summed E-state index contributed by atoms with van der Waals surface area (Å²) in [6.07, 6.45) is 1.01. The fourth-order valence-electron chi connectivity index (χ4n) is 1.32. The third kappa shape index (κ3) is 3.32. The van der Waals surface area contributed by atoms with Crippen LogP contribution >= 0.6 is 11.3 Å². The average molecular weight is 281 g/mol. The molecule has 0 aliphatic rings. The Labute approximate surface area is 110 Å². The van der Waals surface area contributed by atoms with Gasteiger partial charge in [-0.1, -0.05) is 0 Å². The first-order chi connectivity index (χ1) is 9.06. The van der Waals surface area contributed by atoms with Crippen molar-refractivity contribution >= 4 is 28.3 Å². The zero-order chi connectivity index (χ0) is 13.8. The molecule has 0 bridgehead atoms. The minimum absolute atomic E-state index is 0.197. The third-order valence-electron chi connectivity index (χ3n) is 2.11. The quantitative estimate of drug-likeness (QED) is 0.830. The molecule has 2 aromatic heterocycles. The molecule has 0 aromatic carbocycles. The summed E-state index contributed by atoms with van der Waals surface area (Å²) in [5, 5.41) is 12.7. The van der Waals surface area contributed by atoms with Crippen molar-refractivity contribution in [2.24, 2.45) is 0 Å². The van der Waals surface area contributed by atoms with Crippen molar-refractivity contribution in [1.82, 2.24) is 9.97 Å². The van der Waals surface area contributed by atoms with E-state index < -0.39 is 17.8 Å². The molecule has 0 fully saturated rings. The second-order valence-corrected chi connectivity index (χ2v) is 4.37. The van der Waals surface area contributed by atoms with Crippen LogP contribution in [0.2, 0.25) is 0 Å². The van der Waals surface area contributed by atoms with E-state index in [1.165, 1.54) is 23.7 Å². The van der Waals surface area contributed by atoms with Gasteiger partial charge in [0.25, 0.3) is 5.91 Å². The number of nitrogens with one attached hydrogen (secondary N) is 1. The minimum atomic E-state index is -1.01. The van der Waals surface area contributed by atoms with E-state index in [4.69, 9.17) is 5.11 Å². The SMILES string of the molecule is O=C(O)Cc1csc(NC(=O)c2cccnc2F)n1. The Morgan fingerprint density at radius 2 is 2.26 bits per heavy atom. The summed E-state index contributed by atoms with van der Waals surface area (Å²) in [7, 11) is 0. The molecule has 0 saturated carbocycles. The van der Waals surface area contributed by atoms with Gasteiger partial charge in [-0.05, 0) is 12.1 Å². The highest BCUT2D eigenvalue weighted by Crippen LogP contribution is 2.17. The molecule has 2 aromatic rings. The van der Waals surface area contributed by atoms with Gasteiger partial charge in [0.15, 0.2) is 5.13 Å². The molecule has 0 saturated heterocycles. The molecular weight excluding hydrogens is 273 g/mol. The highest BCUT2D eigenvalue weighted by atomic mass is 32.1. The maximum absolute atomic E-state index is 13.3. The highest BCUT2D eigenvalue weighted by molar-refractivity contribution is 7.14. The molecule has 0 unspecified atom stereocenters. The largest absolute Gasteiger partial charge is 0.481 e. The number of anilines is 1. The van der Waals surface area contributed by atoms with Crippen molar-refractivity contribution < 1.29 is 19.1 Å². The van der Waals surface area contributed by atoms with Crippen LogP contribution in [0.4, 0.5) is 9.52 Å². The molecular formula is C11H8FN3O3S. The van der Waals surface area contributed by atoms with Gasteiger partial charge in [-0.2, -0.15) is 4.39 Å². The molecule has 2 rings (SSSR count). The first kappa shape index (κ1) is 13.1. The van der Waals surface area contributed by atoms with Gasteiger partial charge < -0.3 is 5.11 Å². The molecule has 8 heteroatoms. The average Bonchev–Trinajstić information content (AvgIpc) is 2.76. The van der Waals surface area contributed by atoms with Gasteiger partial charge in [-0.25, -0.2) is 9.97 Å². The molecule has 0 radical (unpaired) electrons. The van der Waals surface area contributed by atoms with Crippen LogP contribution in [0, 0.1) is 5.95 Å². The van der Waals surface area contributed by atoms with Gasteiger partial charge in [0.05, 0.1) is 17.7 Å². The standard InChI is InChI=1S/C11H8FN3O3S/c12-9-7(2-1-3-13-9)10(18)15-11-14-6(5-19-11)4-8(16)17/h1-3,5H,4H2,(H,16,17)(H,14,15,18). The van der Waals surface area contributed by atoms with E-state index in [9.17, 15) is 14.0 Å². The fraction of sp³-hybridized carbons (Fsp3) is 0.0909. The van der Waals surface area contributed by atoms with Crippen LogP contribution < -0.4 is 5.32 Å². The zero-order valence-corrected chi connectivity index (χ0v) is 10.3. The lowest BCUT2D eigenvalue weighted by Crippen LogP contribution is -2.14. The number of aromatic nitrogens is 2. The molecule has 0 aliphatic carbocycles. The number of carbonyl (C=O) groups is 2. The summed E-state index contributed by atoms with van der Waals surface area (Å²) in [6.45, 7) is 0. The smallest absolute Gasteiger partial charge is 0.309 e. The number of nitrogens with zero attached hydrogens (tertiary/aromatic N) is 2. The summed E-state index contributed by atoms with van der Waals surface area (Å²) in [4.78, 5) is 29.5. The Hall–Kier alpha value is -2.35. The van der Waals surface area contributed by atoms with Crippen molar-refractivity contribution in [1.29, 1.82) is 0 Å². The summed E-state index contributed by atoms with van der Waals surface area (Å²) in [5.74, 6) is -2.56. The summed E-state index contributed by atoms with van der Waals surface area (Å²) < 4.78 is 13.3. The van der Waals surface area contributed by atoms with Gasteiger partial charge in [0, 0.05) is 11.6 Å². The number of hydrogen-bond donors (Lipinski definition) is 2. The highest BCUT2D eigenvalue weighted by Gasteiger charge is 2.14. The van der Waals surface area contributed by atoms with Crippen LogP contribution in [0.1, 0.15) is 16.1 Å². The fourth-order valence-corrected chi connectivity index (χ4v) is 2.03. The predicted molar refractivity (Wildman–Crippen MR) is 65.6 cm³/mol. The number of amides is 1. The molecule has 0 spiro atoms. The van der Waals surface area contributed by atoms with Crippen molar-refractivity contribution in [3.63, 3.8) is 0 Å². The van der Waals surface area contributed by atoms with Gasteiger partial charge >= 0.3 is 5.97 Å². The second-order valence-electron chi connectivity index (χ2n) is 3.51. The number of thiazole rings is 1. The lowest BCUT2D eigenvalue weighted by molar-refractivity contribution is -0.136.